The molecule has 2 aliphatic carbocycles. The molecule has 1 aromatic rings. The number of carbonyl (C=O) groups is 1. The zero-order valence-corrected chi connectivity index (χ0v) is 14.6. The van der Waals surface area contributed by atoms with Gasteiger partial charge < -0.3 is 18.6 Å². The van der Waals surface area contributed by atoms with E-state index in [0.29, 0.717) is 12.4 Å². The van der Waals surface area contributed by atoms with E-state index in [0.717, 1.165) is 24.0 Å². The number of hydrogen-bond donors (Lipinski definition) is 0. The average Bonchev–Trinajstić information content (AvgIpc) is 3.08. The maximum Gasteiger partial charge on any atom is 0.336 e. The van der Waals surface area contributed by atoms with Crippen molar-refractivity contribution in [2.45, 2.75) is 63.4 Å². The fourth-order valence-corrected chi connectivity index (χ4v) is 5.79. The van der Waals surface area contributed by atoms with Crippen molar-refractivity contribution in [1.82, 2.24) is 0 Å². The largest absolute Gasteiger partial charge is 0.459 e. The average molecular weight is 346 g/mol. The molecular weight excluding hydrogens is 324 g/mol. The zero-order chi connectivity index (χ0) is 17.5. The Labute approximate surface area is 145 Å². The molecule has 1 saturated heterocycles. The molecule has 7 atom stereocenters. The van der Waals surface area contributed by atoms with Gasteiger partial charge in [-0.3, -0.25) is 4.79 Å². The molecule has 1 aromatic heterocycles. The first-order valence-corrected chi connectivity index (χ1v) is 9.12. The molecule has 0 amide bonds. The zero-order valence-electron chi connectivity index (χ0n) is 14.6. The van der Waals surface area contributed by atoms with Gasteiger partial charge in [-0.1, -0.05) is 6.92 Å². The lowest BCUT2D eigenvalue weighted by atomic mass is 9.53. The first-order valence-electron chi connectivity index (χ1n) is 9.12. The first-order chi connectivity index (χ1) is 12.0. The Kier molecular flexibility index (Phi) is 3.08. The van der Waals surface area contributed by atoms with E-state index in [4.69, 9.17) is 18.6 Å². The Bertz CT molecular complexity index is 813. The molecule has 0 bridgehead atoms. The molecule has 25 heavy (non-hydrogen) atoms. The summed E-state index contributed by atoms with van der Waals surface area (Å²) in [6.07, 6.45) is 0.472. The van der Waals surface area contributed by atoms with E-state index in [2.05, 4.69) is 6.92 Å². The maximum absolute atomic E-state index is 12.5. The lowest BCUT2D eigenvalue weighted by Crippen LogP contribution is -2.57. The molecular formula is C19H22O6. The summed E-state index contributed by atoms with van der Waals surface area (Å²) in [6.45, 7) is 6.56. The highest BCUT2D eigenvalue weighted by atomic mass is 16.6. The normalized spacial score (nSPS) is 43.6. The van der Waals surface area contributed by atoms with Gasteiger partial charge in [0.05, 0.1) is 12.0 Å². The summed E-state index contributed by atoms with van der Waals surface area (Å²) in [5.41, 5.74) is 0.999. The molecule has 4 aliphatic rings. The molecule has 1 saturated carbocycles. The van der Waals surface area contributed by atoms with Gasteiger partial charge in [-0.15, -0.1) is 0 Å². The molecule has 3 heterocycles. The number of esters is 1. The van der Waals surface area contributed by atoms with Crippen molar-refractivity contribution in [2.24, 2.45) is 11.8 Å². The van der Waals surface area contributed by atoms with Crippen LogP contribution in [0, 0.1) is 11.8 Å². The Hall–Kier alpha value is -1.66. The van der Waals surface area contributed by atoms with Crippen molar-refractivity contribution in [3.63, 3.8) is 0 Å². The van der Waals surface area contributed by atoms with Gasteiger partial charge in [0.15, 0.2) is 0 Å². The van der Waals surface area contributed by atoms with Crippen LogP contribution in [0.15, 0.2) is 15.3 Å². The van der Waals surface area contributed by atoms with Gasteiger partial charge in [-0.05, 0) is 32.3 Å². The second-order valence-corrected chi connectivity index (χ2v) is 7.79. The molecule has 0 aromatic carbocycles. The maximum atomic E-state index is 12.5. The van der Waals surface area contributed by atoms with E-state index in [1.165, 1.54) is 0 Å². The molecule has 5 rings (SSSR count). The number of hydrogen-bond acceptors (Lipinski definition) is 6. The molecule has 2 aliphatic heterocycles. The predicted molar refractivity (Wildman–Crippen MR) is 86.1 cm³/mol. The number of ether oxygens (including phenoxy) is 3. The van der Waals surface area contributed by atoms with E-state index < -0.39 is 5.41 Å². The highest BCUT2D eigenvalue weighted by Gasteiger charge is 2.67. The van der Waals surface area contributed by atoms with Crippen molar-refractivity contribution < 1.29 is 23.4 Å². The minimum Gasteiger partial charge on any atom is -0.459 e. The summed E-state index contributed by atoms with van der Waals surface area (Å²) in [7, 11) is 0. The Morgan fingerprint density at radius 3 is 2.88 bits per heavy atom. The molecule has 6 heteroatoms. The van der Waals surface area contributed by atoms with Crippen molar-refractivity contribution in [1.29, 1.82) is 0 Å². The predicted octanol–water partition coefficient (Wildman–Crippen LogP) is 2.40. The van der Waals surface area contributed by atoms with Crippen LogP contribution in [0.4, 0.5) is 0 Å². The summed E-state index contributed by atoms with van der Waals surface area (Å²) < 4.78 is 23.5. The summed E-state index contributed by atoms with van der Waals surface area (Å²) in [5, 5.41) is 0. The van der Waals surface area contributed by atoms with Gasteiger partial charge in [0.25, 0.3) is 0 Å². The van der Waals surface area contributed by atoms with Crippen LogP contribution < -0.4 is 5.63 Å². The van der Waals surface area contributed by atoms with Crippen molar-refractivity contribution in [2.75, 3.05) is 6.61 Å². The van der Waals surface area contributed by atoms with Crippen molar-refractivity contribution in [3.05, 3.63) is 33.4 Å². The molecule has 6 nitrogen and oxygen atoms in total. The van der Waals surface area contributed by atoms with Gasteiger partial charge >= 0.3 is 11.6 Å². The summed E-state index contributed by atoms with van der Waals surface area (Å²) in [5.74, 6) is 0.235. The van der Waals surface area contributed by atoms with E-state index >= 15 is 0 Å². The Morgan fingerprint density at radius 1 is 1.32 bits per heavy atom. The van der Waals surface area contributed by atoms with Gasteiger partial charge in [0.2, 0.25) is 0 Å². The molecule has 2 fully saturated rings. The molecule has 7 unspecified atom stereocenters. The molecule has 0 N–H and O–H groups in total. The van der Waals surface area contributed by atoms with Crippen molar-refractivity contribution in [3.8, 4) is 0 Å². The minimum absolute atomic E-state index is 0.0391. The fourth-order valence-electron chi connectivity index (χ4n) is 5.79. The summed E-state index contributed by atoms with van der Waals surface area (Å²) >= 11 is 0. The Balaban J connectivity index is 1.80. The van der Waals surface area contributed by atoms with Crippen LogP contribution in [0.2, 0.25) is 0 Å². The monoisotopic (exact) mass is 346 g/mol. The fraction of sp³-hybridized carbons (Fsp3) is 0.684. The lowest BCUT2D eigenvalue weighted by molar-refractivity contribution is -0.152. The molecule has 0 spiro atoms. The number of fused-ring (bicyclic) bond motifs is 2. The highest BCUT2D eigenvalue weighted by Crippen LogP contribution is 2.62. The van der Waals surface area contributed by atoms with E-state index in [1.54, 1.807) is 6.07 Å². The second-order valence-electron chi connectivity index (χ2n) is 7.79. The number of rotatable bonds is 2. The van der Waals surface area contributed by atoms with Crippen LogP contribution in [-0.4, -0.2) is 24.8 Å². The lowest BCUT2D eigenvalue weighted by Gasteiger charge is -2.52. The van der Waals surface area contributed by atoms with Crippen LogP contribution in [0.1, 0.15) is 62.7 Å². The van der Waals surface area contributed by atoms with Crippen LogP contribution in [0.25, 0.3) is 0 Å². The smallest absolute Gasteiger partial charge is 0.336 e. The minimum atomic E-state index is -0.459. The molecule has 0 radical (unpaired) electrons. The SMILES string of the molecule is CCOC1CCC2C(=O)OC3C4OC(C)c5oc(=O)cc(c54)C1(C)C23. The standard InChI is InChI=1S/C19H22O6/c1-4-22-11-6-5-9-14-17(25-18(9)21)16-13-10(19(11,14)3)7-12(20)24-15(13)8(2)23-16/h7-9,11,14,16-17H,4-6H2,1-3H3. The van der Waals surface area contributed by atoms with Crippen LogP contribution in [-0.2, 0) is 24.4 Å². The van der Waals surface area contributed by atoms with Gasteiger partial charge in [-0.25, -0.2) is 4.79 Å². The van der Waals surface area contributed by atoms with Crippen LogP contribution in [0.5, 0.6) is 0 Å². The highest BCUT2D eigenvalue weighted by molar-refractivity contribution is 5.77. The topological polar surface area (TPSA) is 75.0 Å². The first kappa shape index (κ1) is 15.6. The van der Waals surface area contributed by atoms with Gasteiger partial charge in [0.1, 0.15) is 24.1 Å². The molecule has 134 valence electrons. The van der Waals surface area contributed by atoms with Crippen LogP contribution in [0.3, 0.4) is 0 Å². The van der Waals surface area contributed by atoms with Gasteiger partial charge in [-0.2, -0.15) is 0 Å². The van der Waals surface area contributed by atoms with E-state index in [1.807, 2.05) is 13.8 Å². The van der Waals surface area contributed by atoms with E-state index in [-0.39, 0.29) is 47.8 Å². The third-order valence-corrected chi connectivity index (χ3v) is 6.72. The summed E-state index contributed by atoms with van der Waals surface area (Å²) in [6, 6.07) is 1.58. The van der Waals surface area contributed by atoms with Gasteiger partial charge in [0, 0.05) is 29.6 Å². The number of carbonyl (C=O) groups excluding carboxylic acids is 1. The Morgan fingerprint density at radius 2 is 2.12 bits per heavy atom. The quantitative estimate of drug-likeness (QED) is 0.766. The van der Waals surface area contributed by atoms with Crippen LogP contribution >= 0.6 is 0 Å². The van der Waals surface area contributed by atoms with Crippen molar-refractivity contribution >= 4 is 5.97 Å². The third kappa shape index (κ3) is 1.77. The third-order valence-electron chi connectivity index (χ3n) is 6.72. The second kappa shape index (κ2) is 4.95. The van der Waals surface area contributed by atoms with E-state index in [9.17, 15) is 9.59 Å². The summed E-state index contributed by atoms with van der Waals surface area (Å²) in [4.78, 5) is 24.8.